The normalized spacial score (nSPS) is 19.2. The smallest absolute Gasteiger partial charge is 0.331 e. The number of carboxylic acids is 2. The lowest BCUT2D eigenvalue weighted by Crippen LogP contribution is -2.39. The van der Waals surface area contributed by atoms with Crippen molar-refractivity contribution in [3.8, 4) is 0 Å². The molecule has 0 fully saturated rings. The van der Waals surface area contributed by atoms with Gasteiger partial charge in [0, 0.05) is 23.8 Å². The molecule has 1 unspecified atom stereocenters. The molecule has 3 N–H and O–H groups in total. The second kappa shape index (κ2) is 7.89. The molecule has 114 valence electrons. The van der Waals surface area contributed by atoms with Gasteiger partial charge in [-0.1, -0.05) is 38.0 Å². The Morgan fingerprint density at radius 3 is 2.14 bits per heavy atom. The van der Waals surface area contributed by atoms with Crippen LogP contribution in [-0.2, 0) is 9.59 Å². The van der Waals surface area contributed by atoms with Crippen molar-refractivity contribution in [3.05, 3.63) is 60.9 Å². The first-order valence-electron chi connectivity index (χ1n) is 6.20. The Kier molecular flexibility index (Phi) is 6.93. The Bertz CT molecular complexity index is 516. The number of nitrogens with one attached hydrogen (secondary N) is 1. The number of carbonyl (C=O) groups is 2. The van der Waals surface area contributed by atoms with Gasteiger partial charge in [0.2, 0.25) is 0 Å². The van der Waals surface area contributed by atoms with Gasteiger partial charge in [0.25, 0.3) is 0 Å². The van der Waals surface area contributed by atoms with Crippen molar-refractivity contribution in [2.75, 3.05) is 0 Å². The third-order valence-electron chi connectivity index (χ3n) is 2.70. The molecule has 0 saturated heterocycles. The number of aliphatic carboxylic acids is 2. The van der Waals surface area contributed by atoms with Gasteiger partial charge in [0.05, 0.1) is 5.54 Å². The zero-order chi connectivity index (χ0) is 16.6. The number of hydrogen-bond donors (Lipinski definition) is 3. The van der Waals surface area contributed by atoms with E-state index in [1.807, 2.05) is 25.3 Å². The molecule has 1 aliphatic heterocycles. The van der Waals surface area contributed by atoms with E-state index in [-0.39, 0.29) is 16.7 Å². The highest BCUT2D eigenvalue weighted by molar-refractivity contribution is 5.86. The Hall–Kier alpha value is -2.56. The van der Waals surface area contributed by atoms with Crippen molar-refractivity contribution in [2.45, 2.75) is 25.8 Å². The summed E-state index contributed by atoms with van der Waals surface area (Å²) in [6.07, 6.45) is 7.77. The summed E-state index contributed by atoms with van der Waals surface area (Å²) in [6, 6.07) is 0. The first-order valence-corrected chi connectivity index (χ1v) is 6.20. The van der Waals surface area contributed by atoms with Crippen LogP contribution in [0.5, 0.6) is 0 Å². The predicted octanol–water partition coefficient (Wildman–Crippen LogP) is 2.65. The van der Waals surface area contributed by atoms with Gasteiger partial charge >= 0.3 is 11.9 Å². The molecule has 0 aliphatic carbocycles. The molecule has 5 nitrogen and oxygen atoms in total. The molecule has 1 aliphatic rings. The SMILES string of the molecule is C=C(C)C(=O)O.C=CC1=CNC(C)(CC(=C)C(=O)O)C=C1. The van der Waals surface area contributed by atoms with E-state index in [1.54, 1.807) is 6.08 Å². The molecule has 5 heteroatoms. The average molecular weight is 291 g/mol. The fourth-order valence-corrected chi connectivity index (χ4v) is 1.38. The van der Waals surface area contributed by atoms with Crippen LogP contribution in [0.2, 0.25) is 0 Å². The molecule has 0 aromatic heterocycles. The zero-order valence-corrected chi connectivity index (χ0v) is 12.3. The van der Waals surface area contributed by atoms with Crippen LogP contribution >= 0.6 is 0 Å². The molecule has 0 aromatic rings. The third-order valence-corrected chi connectivity index (χ3v) is 2.70. The van der Waals surface area contributed by atoms with Gasteiger partial charge in [0.15, 0.2) is 0 Å². The Balaban J connectivity index is 0.000000567. The third kappa shape index (κ3) is 6.96. The topological polar surface area (TPSA) is 86.6 Å². The molecule has 0 spiro atoms. The van der Waals surface area contributed by atoms with Crippen LogP contribution < -0.4 is 5.32 Å². The number of allylic oxidation sites excluding steroid dienone is 3. The van der Waals surface area contributed by atoms with Gasteiger partial charge < -0.3 is 15.5 Å². The van der Waals surface area contributed by atoms with Crippen molar-refractivity contribution in [1.82, 2.24) is 5.32 Å². The molecule has 0 saturated carbocycles. The van der Waals surface area contributed by atoms with Crippen LogP contribution in [0.1, 0.15) is 20.3 Å². The maximum atomic E-state index is 10.7. The van der Waals surface area contributed by atoms with Crippen molar-refractivity contribution in [3.63, 3.8) is 0 Å². The molecule has 1 rings (SSSR count). The van der Waals surface area contributed by atoms with E-state index < -0.39 is 11.9 Å². The lowest BCUT2D eigenvalue weighted by molar-refractivity contribution is -0.133. The summed E-state index contributed by atoms with van der Waals surface area (Å²) in [7, 11) is 0. The van der Waals surface area contributed by atoms with Crippen molar-refractivity contribution in [2.24, 2.45) is 0 Å². The van der Waals surface area contributed by atoms with Crippen molar-refractivity contribution in [1.29, 1.82) is 0 Å². The van der Waals surface area contributed by atoms with Gasteiger partial charge in [0.1, 0.15) is 0 Å². The largest absolute Gasteiger partial charge is 0.478 e. The second-order valence-corrected chi connectivity index (χ2v) is 4.91. The minimum Gasteiger partial charge on any atom is -0.478 e. The minimum absolute atomic E-state index is 0.176. The maximum absolute atomic E-state index is 10.7. The van der Waals surface area contributed by atoms with Crippen LogP contribution in [0.4, 0.5) is 0 Å². The lowest BCUT2D eigenvalue weighted by atomic mass is 9.90. The van der Waals surface area contributed by atoms with Crippen molar-refractivity contribution >= 4 is 11.9 Å². The minimum atomic E-state index is -0.954. The molecule has 21 heavy (non-hydrogen) atoms. The van der Waals surface area contributed by atoms with Crippen LogP contribution in [0.15, 0.2) is 60.9 Å². The fourth-order valence-electron chi connectivity index (χ4n) is 1.38. The Morgan fingerprint density at radius 1 is 1.33 bits per heavy atom. The van der Waals surface area contributed by atoms with Crippen LogP contribution in [0, 0.1) is 0 Å². The van der Waals surface area contributed by atoms with Gasteiger partial charge in [-0.05, 0) is 19.4 Å². The molecule has 1 heterocycles. The van der Waals surface area contributed by atoms with Gasteiger partial charge in [-0.25, -0.2) is 9.59 Å². The molecular weight excluding hydrogens is 270 g/mol. The van der Waals surface area contributed by atoms with Crippen LogP contribution in [-0.4, -0.2) is 27.7 Å². The van der Waals surface area contributed by atoms with E-state index in [1.165, 1.54) is 6.92 Å². The van der Waals surface area contributed by atoms with Crippen LogP contribution in [0.25, 0.3) is 0 Å². The Labute approximate surface area is 124 Å². The van der Waals surface area contributed by atoms with Gasteiger partial charge in [-0.3, -0.25) is 0 Å². The van der Waals surface area contributed by atoms with Gasteiger partial charge in [-0.2, -0.15) is 0 Å². The lowest BCUT2D eigenvalue weighted by Gasteiger charge is -2.29. The van der Waals surface area contributed by atoms with E-state index in [2.05, 4.69) is 25.1 Å². The number of rotatable bonds is 5. The number of dihydropyridines is 1. The molecule has 0 bridgehead atoms. The summed E-state index contributed by atoms with van der Waals surface area (Å²) in [5, 5.41) is 19.8. The average Bonchev–Trinajstić information content (AvgIpc) is 2.39. The van der Waals surface area contributed by atoms with Crippen molar-refractivity contribution < 1.29 is 19.8 Å². The van der Waals surface area contributed by atoms with E-state index in [0.29, 0.717) is 6.42 Å². The molecular formula is C16H21NO4. The van der Waals surface area contributed by atoms with Gasteiger partial charge in [-0.15, -0.1) is 0 Å². The van der Waals surface area contributed by atoms with E-state index in [9.17, 15) is 9.59 Å². The monoisotopic (exact) mass is 291 g/mol. The molecule has 0 amide bonds. The standard InChI is InChI=1S/C12H15NO2.C4H6O2/c1-4-10-5-6-12(3,13-8-10)7-9(2)11(14)15;1-3(2)4(5)6/h4-6,8,13H,1-2,7H2,3H3,(H,14,15);1H2,2H3,(H,5,6). The second-order valence-electron chi connectivity index (χ2n) is 4.91. The predicted molar refractivity (Wildman–Crippen MR) is 82.8 cm³/mol. The fraction of sp³-hybridized carbons (Fsp3) is 0.250. The molecule has 0 aromatic carbocycles. The zero-order valence-electron chi connectivity index (χ0n) is 12.3. The summed E-state index contributed by atoms with van der Waals surface area (Å²) in [5.41, 5.74) is 0.982. The maximum Gasteiger partial charge on any atom is 0.331 e. The molecule has 1 atom stereocenters. The summed E-state index contributed by atoms with van der Waals surface area (Å²) in [5.74, 6) is -1.89. The highest BCUT2D eigenvalue weighted by atomic mass is 16.4. The first kappa shape index (κ1) is 18.4. The van der Waals surface area contributed by atoms with Crippen LogP contribution in [0.3, 0.4) is 0 Å². The number of carboxylic acid groups (broad SMARTS) is 2. The molecule has 0 radical (unpaired) electrons. The quantitative estimate of drug-likeness (QED) is 0.678. The number of hydrogen-bond acceptors (Lipinski definition) is 3. The van der Waals surface area contributed by atoms with E-state index >= 15 is 0 Å². The summed E-state index contributed by atoms with van der Waals surface area (Å²) in [6.45, 7) is 13.7. The summed E-state index contributed by atoms with van der Waals surface area (Å²) >= 11 is 0. The summed E-state index contributed by atoms with van der Waals surface area (Å²) < 4.78 is 0. The van der Waals surface area contributed by atoms with E-state index in [4.69, 9.17) is 10.2 Å². The highest BCUT2D eigenvalue weighted by Crippen LogP contribution is 2.21. The summed E-state index contributed by atoms with van der Waals surface area (Å²) in [4.78, 5) is 20.3. The highest BCUT2D eigenvalue weighted by Gasteiger charge is 2.24. The first-order chi connectivity index (χ1) is 9.61. The Morgan fingerprint density at radius 2 is 1.86 bits per heavy atom. The van der Waals surface area contributed by atoms with E-state index in [0.717, 1.165) is 5.57 Å².